The molecule has 1 aliphatic heterocycles. The van der Waals surface area contributed by atoms with Crippen LogP contribution in [0.3, 0.4) is 0 Å². The second-order valence-corrected chi connectivity index (χ2v) is 7.83. The van der Waals surface area contributed by atoms with Gasteiger partial charge in [-0.2, -0.15) is 0 Å². The van der Waals surface area contributed by atoms with Gasteiger partial charge in [0.2, 0.25) is 0 Å². The summed E-state index contributed by atoms with van der Waals surface area (Å²) in [7, 11) is 5.25. The lowest BCUT2D eigenvalue weighted by atomic mass is 10.1. The molecule has 8 heteroatoms. The highest BCUT2D eigenvalue weighted by molar-refractivity contribution is 14.0. The fourth-order valence-corrected chi connectivity index (χ4v) is 4.18. The summed E-state index contributed by atoms with van der Waals surface area (Å²) < 4.78 is 10.9. The van der Waals surface area contributed by atoms with Crippen molar-refractivity contribution in [2.24, 2.45) is 4.99 Å². The van der Waals surface area contributed by atoms with E-state index in [9.17, 15) is 0 Å². The van der Waals surface area contributed by atoms with Crippen LogP contribution in [-0.4, -0.2) is 68.2 Å². The minimum Gasteiger partial charge on any atom is -0.497 e. The largest absolute Gasteiger partial charge is 0.497 e. The normalized spacial score (nSPS) is 14.6. The highest BCUT2D eigenvalue weighted by atomic mass is 127. The number of methoxy groups -OCH3 is 2. The van der Waals surface area contributed by atoms with Gasteiger partial charge in [0.1, 0.15) is 11.5 Å². The van der Waals surface area contributed by atoms with Crippen molar-refractivity contribution >= 4 is 40.8 Å². The number of fused-ring (bicyclic) bond motifs is 1. The molecular weight excluding hydrogens is 529 g/mol. The lowest BCUT2D eigenvalue weighted by Gasteiger charge is -2.36. The standard InChI is InChI=1S/C25H31N5O2.HI/c1-26-25(28-17-20-7-4-6-19-8-5-11-27-24(19)20)30-14-12-29(13-15-30)18-21-16-22(31-2)9-10-23(21)32-3;/h4-11,16H,12-15,17-18H2,1-3H3,(H,26,28);1H. The summed E-state index contributed by atoms with van der Waals surface area (Å²) in [6, 6.07) is 16.3. The van der Waals surface area contributed by atoms with Crippen molar-refractivity contribution in [2.45, 2.75) is 13.1 Å². The maximum absolute atomic E-state index is 5.54. The molecule has 7 nitrogen and oxygen atoms in total. The number of nitrogens with one attached hydrogen (secondary N) is 1. The molecule has 1 aliphatic rings. The topological polar surface area (TPSA) is 62.2 Å². The van der Waals surface area contributed by atoms with Gasteiger partial charge in [0.25, 0.3) is 0 Å². The Morgan fingerprint density at radius 1 is 1.00 bits per heavy atom. The maximum atomic E-state index is 5.54. The summed E-state index contributed by atoms with van der Waals surface area (Å²) in [6.45, 7) is 5.28. The van der Waals surface area contributed by atoms with E-state index < -0.39 is 0 Å². The monoisotopic (exact) mass is 561 g/mol. The molecule has 0 aliphatic carbocycles. The predicted molar refractivity (Wildman–Crippen MR) is 144 cm³/mol. The van der Waals surface area contributed by atoms with Gasteiger partial charge in [-0.05, 0) is 29.8 Å². The van der Waals surface area contributed by atoms with Gasteiger partial charge >= 0.3 is 0 Å². The van der Waals surface area contributed by atoms with Crippen molar-refractivity contribution in [3.8, 4) is 11.5 Å². The number of aliphatic imine (C=N–C) groups is 1. The Balaban J connectivity index is 0.00000306. The van der Waals surface area contributed by atoms with Crippen LogP contribution >= 0.6 is 24.0 Å². The molecule has 1 saturated heterocycles. The van der Waals surface area contributed by atoms with Gasteiger partial charge in [-0.15, -0.1) is 24.0 Å². The lowest BCUT2D eigenvalue weighted by Crippen LogP contribution is -2.52. The first-order valence-electron chi connectivity index (χ1n) is 10.9. The Morgan fingerprint density at radius 2 is 1.79 bits per heavy atom. The summed E-state index contributed by atoms with van der Waals surface area (Å²) >= 11 is 0. The van der Waals surface area contributed by atoms with Crippen LogP contribution in [0.1, 0.15) is 11.1 Å². The van der Waals surface area contributed by atoms with Gasteiger partial charge in [-0.1, -0.05) is 24.3 Å². The number of piperazine rings is 1. The molecule has 0 bridgehead atoms. The number of aromatic nitrogens is 1. The number of benzene rings is 2. The molecular formula is C25H32IN5O2. The van der Waals surface area contributed by atoms with Crippen molar-refractivity contribution < 1.29 is 9.47 Å². The average molecular weight is 561 g/mol. The zero-order valence-corrected chi connectivity index (χ0v) is 21.8. The molecule has 0 amide bonds. The number of rotatable bonds is 6. The summed E-state index contributed by atoms with van der Waals surface area (Å²) in [4.78, 5) is 13.8. The number of hydrogen-bond acceptors (Lipinski definition) is 5. The zero-order valence-electron chi connectivity index (χ0n) is 19.5. The molecule has 3 aromatic rings. The van der Waals surface area contributed by atoms with Crippen molar-refractivity contribution in [1.82, 2.24) is 20.1 Å². The van der Waals surface area contributed by atoms with Crippen LogP contribution in [0.15, 0.2) is 59.7 Å². The predicted octanol–water partition coefficient (Wildman–Crippen LogP) is 3.76. The summed E-state index contributed by atoms with van der Waals surface area (Å²) in [5.41, 5.74) is 3.36. The Morgan fingerprint density at radius 3 is 2.52 bits per heavy atom. The van der Waals surface area contributed by atoms with Gasteiger partial charge in [-0.25, -0.2) is 0 Å². The first kappa shape index (κ1) is 25.0. The van der Waals surface area contributed by atoms with E-state index in [1.54, 1.807) is 14.2 Å². The summed E-state index contributed by atoms with van der Waals surface area (Å²) in [6.07, 6.45) is 1.84. The maximum Gasteiger partial charge on any atom is 0.194 e. The van der Waals surface area contributed by atoms with E-state index in [4.69, 9.17) is 9.47 Å². The highest BCUT2D eigenvalue weighted by Gasteiger charge is 2.21. The van der Waals surface area contributed by atoms with Crippen LogP contribution in [0.5, 0.6) is 11.5 Å². The van der Waals surface area contributed by atoms with E-state index in [1.165, 1.54) is 5.56 Å². The summed E-state index contributed by atoms with van der Waals surface area (Å²) in [5.74, 6) is 2.68. The van der Waals surface area contributed by atoms with Gasteiger partial charge in [0.15, 0.2) is 5.96 Å². The second kappa shape index (κ2) is 12.0. The van der Waals surface area contributed by atoms with Crippen LogP contribution in [0, 0.1) is 0 Å². The van der Waals surface area contributed by atoms with Crippen LogP contribution in [0.2, 0.25) is 0 Å². The fraction of sp³-hybridized carbons (Fsp3) is 0.360. The molecule has 0 radical (unpaired) electrons. The zero-order chi connectivity index (χ0) is 22.3. The number of nitrogens with zero attached hydrogens (tertiary/aromatic N) is 4. The van der Waals surface area contributed by atoms with Crippen LogP contribution in [-0.2, 0) is 13.1 Å². The van der Waals surface area contributed by atoms with Crippen molar-refractivity contribution in [3.05, 3.63) is 65.9 Å². The third kappa shape index (κ3) is 6.05. The van der Waals surface area contributed by atoms with Crippen LogP contribution in [0.4, 0.5) is 0 Å². The molecule has 0 atom stereocenters. The average Bonchev–Trinajstić information content (AvgIpc) is 2.85. The van der Waals surface area contributed by atoms with Gasteiger partial charge < -0.3 is 19.7 Å². The number of halogens is 1. The van der Waals surface area contributed by atoms with E-state index in [0.29, 0.717) is 6.54 Å². The molecule has 33 heavy (non-hydrogen) atoms. The van der Waals surface area contributed by atoms with Gasteiger partial charge in [0, 0.05) is 63.5 Å². The number of ether oxygens (including phenoxy) is 2. The third-order valence-corrected chi connectivity index (χ3v) is 5.92. The second-order valence-electron chi connectivity index (χ2n) is 7.83. The number of hydrogen-bond donors (Lipinski definition) is 1. The Hall–Kier alpha value is -2.59. The van der Waals surface area contributed by atoms with Crippen molar-refractivity contribution in [3.63, 3.8) is 0 Å². The molecule has 2 aromatic carbocycles. The van der Waals surface area contributed by atoms with E-state index in [-0.39, 0.29) is 24.0 Å². The Labute approximate surface area is 212 Å². The van der Waals surface area contributed by atoms with E-state index >= 15 is 0 Å². The van der Waals surface area contributed by atoms with E-state index in [2.05, 4.69) is 55.4 Å². The van der Waals surface area contributed by atoms with Gasteiger partial charge in [0.05, 0.1) is 19.7 Å². The first-order chi connectivity index (χ1) is 15.7. The molecule has 1 N–H and O–H groups in total. The number of guanidine groups is 1. The molecule has 4 rings (SSSR count). The molecule has 0 unspecified atom stereocenters. The van der Waals surface area contributed by atoms with Crippen molar-refractivity contribution in [1.29, 1.82) is 0 Å². The highest BCUT2D eigenvalue weighted by Crippen LogP contribution is 2.25. The molecule has 176 valence electrons. The van der Waals surface area contributed by atoms with Crippen molar-refractivity contribution in [2.75, 3.05) is 47.4 Å². The van der Waals surface area contributed by atoms with Gasteiger partial charge in [-0.3, -0.25) is 14.9 Å². The van der Waals surface area contributed by atoms with E-state index in [0.717, 1.165) is 66.6 Å². The minimum atomic E-state index is 0. The SMILES string of the molecule is CN=C(NCc1cccc2cccnc12)N1CCN(Cc2cc(OC)ccc2OC)CC1.I. The Bertz CT molecular complexity index is 1080. The molecule has 2 heterocycles. The molecule has 1 aromatic heterocycles. The molecule has 0 spiro atoms. The number of para-hydroxylation sites is 1. The summed E-state index contributed by atoms with van der Waals surface area (Å²) in [5, 5.41) is 4.68. The third-order valence-electron chi connectivity index (χ3n) is 5.92. The number of pyridine rings is 1. The first-order valence-corrected chi connectivity index (χ1v) is 10.9. The van der Waals surface area contributed by atoms with Crippen LogP contribution < -0.4 is 14.8 Å². The quantitative estimate of drug-likeness (QED) is 0.281. The molecule has 1 fully saturated rings. The Kier molecular flexibility index (Phi) is 9.13. The van der Waals surface area contributed by atoms with Crippen LogP contribution in [0.25, 0.3) is 10.9 Å². The molecule has 0 saturated carbocycles. The fourth-order valence-electron chi connectivity index (χ4n) is 4.18. The minimum absolute atomic E-state index is 0. The lowest BCUT2D eigenvalue weighted by molar-refractivity contribution is 0.171. The smallest absolute Gasteiger partial charge is 0.194 e. The van der Waals surface area contributed by atoms with E-state index in [1.807, 2.05) is 31.4 Å².